The number of ether oxygens (including phenoxy) is 2. The van der Waals surface area contributed by atoms with Crippen molar-refractivity contribution in [1.82, 2.24) is 5.32 Å². The molecular weight excluding hydrogens is 404 g/mol. The zero-order valence-electron chi connectivity index (χ0n) is 16.2. The van der Waals surface area contributed by atoms with Gasteiger partial charge in [0.2, 0.25) is 0 Å². The normalized spacial score (nSPS) is 10.3. The lowest BCUT2D eigenvalue weighted by Gasteiger charge is -2.10. The molecule has 150 valence electrons. The summed E-state index contributed by atoms with van der Waals surface area (Å²) in [4.78, 5) is 13.1. The predicted octanol–water partition coefficient (Wildman–Crippen LogP) is 4.74. The van der Waals surface area contributed by atoms with Crippen LogP contribution in [0.25, 0.3) is 10.4 Å². The largest absolute Gasteiger partial charge is 0.497 e. The summed E-state index contributed by atoms with van der Waals surface area (Å²) in [5, 5.41) is 7.45. The number of anilines is 1. The van der Waals surface area contributed by atoms with Crippen molar-refractivity contribution < 1.29 is 14.3 Å². The standard InChI is InChI=1S/C22H22N2O3S2/c1-26-17-10-8-15(9-11-17)12-13-23-22(28)24-20-18(21(25)27-2)14-19(29-20)16-6-4-3-5-7-16/h3-11,14H,12-13H2,1-2H3,(H2,23,24,28). The fourth-order valence-corrected chi connectivity index (χ4v) is 4.07. The molecule has 0 spiro atoms. The maximum atomic E-state index is 12.2. The summed E-state index contributed by atoms with van der Waals surface area (Å²) in [7, 11) is 3.02. The summed E-state index contributed by atoms with van der Waals surface area (Å²) in [5.74, 6) is 0.438. The highest BCUT2D eigenvalue weighted by Crippen LogP contribution is 2.35. The Morgan fingerprint density at radius 2 is 1.79 bits per heavy atom. The maximum absolute atomic E-state index is 12.2. The van der Waals surface area contributed by atoms with Crippen LogP contribution in [0.2, 0.25) is 0 Å². The molecule has 5 nitrogen and oxygen atoms in total. The first-order chi connectivity index (χ1) is 14.1. The Kier molecular flexibility index (Phi) is 7.21. The third-order valence-corrected chi connectivity index (χ3v) is 5.63. The van der Waals surface area contributed by atoms with E-state index >= 15 is 0 Å². The van der Waals surface area contributed by atoms with Gasteiger partial charge in [-0.3, -0.25) is 0 Å². The van der Waals surface area contributed by atoms with Gasteiger partial charge in [-0.05, 0) is 48.0 Å². The molecule has 1 heterocycles. The monoisotopic (exact) mass is 426 g/mol. The van der Waals surface area contributed by atoms with E-state index in [1.165, 1.54) is 24.0 Å². The number of nitrogens with one attached hydrogen (secondary N) is 2. The summed E-state index contributed by atoms with van der Waals surface area (Å²) in [6.45, 7) is 0.669. The van der Waals surface area contributed by atoms with Crippen molar-refractivity contribution >= 4 is 39.6 Å². The molecule has 0 aliphatic rings. The Bertz CT molecular complexity index is 969. The van der Waals surface area contributed by atoms with Crippen LogP contribution in [-0.2, 0) is 11.2 Å². The van der Waals surface area contributed by atoms with Gasteiger partial charge in [0.15, 0.2) is 5.11 Å². The first-order valence-electron chi connectivity index (χ1n) is 9.06. The molecule has 0 atom stereocenters. The van der Waals surface area contributed by atoms with Crippen LogP contribution in [0.3, 0.4) is 0 Å². The minimum Gasteiger partial charge on any atom is -0.497 e. The first kappa shape index (κ1) is 20.8. The van der Waals surface area contributed by atoms with Crippen molar-refractivity contribution in [3.05, 3.63) is 71.8 Å². The van der Waals surface area contributed by atoms with E-state index < -0.39 is 5.97 Å². The summed E-state index contributed by atoms with van der Waals surface area (Å²) in [6.07, 6.45) is 0.815. The van der Waals surface area contributed by atoms with Gasteiger partial charge in [-0.25, -0.2) is 4.79 Å². The molecule has 2 N–H and O–H groups in total. The van der Waals surface area contributed by atoms with E-state index in [9.17, 15) is 4.79 Å². The number of carbonyl (C=O) groups excluding carboxylic acids is 1. The van der Waals surface area contributed by atoms with Crippen LogP contribution in [0.5, 0.6) is 5.75 Å². The lowest BCUT2D eigenvalue weighted by molar-refractivity contribution is 0.0602. The van der Waals surface area contributed by atoms with Gasteiger partial charge >= 0.3 is 5.97 Å². The molecule has 0 saturated heterocycles. The van der Waals surface area contributed by atoms with Gasteiger partial charge in [0, 0.05) is 11.4 Å². The molecule has 0 bridgehead atoms. The fraction of sp³-hybridized carbons (Fsp3) is 0.182. The molecule has 1 aromatic heterocycles. The van der Waals surface area contributed by atoms with Crippen LogP contribution in [0, 0.1) is 0 Å². The third kappa shape index (κ3) is 5.56. The second-order valence-corrected chi connectivity index (χ2v) is 7.65. The van der Waals surface area contributed by atoms with Gasteiger partial charge in [0.05, 0.1) is 19.8 Å². The number of esters is 1. The van der Waals surface area contributed by atoms with Crippen LogP contribution < -0.4 is 15.4 Å². The van der Waals surface area contributed by atoms with Crippen LogP contribution in [0.15, 0.2) is 60.7 Å². The Hall–Kier alpha value is -2.90. The van der Waals surface area contributed by atoms with Crippen molar-refractivity contribution in [2.75, 3.05) is 26.1 Å². The van der Waals surface area contributed by atoms with Gasteiger partial charge in [0.25, 0.3) is 0 Å². The number of hydrogen-bond donors (Lipinski definition) is 2. The van der Waals surface area contributed by atoms with Crippen LogP contribution in [0.1, 0.15) is 15.9 Å². The quantitative estimate of drug-likeness (QED) is 0.420. The fourth-order valence-electron chi connectivity index (χ4n) is 2.75. The van der Waals surface area contributed by atoms with Crippen molar-refractivity contribution in [2.24, 2.45) is 0 Å². The molecule has 0 aliphatic carbocycles. The minimum atomic E-state index is -0.396. The van der Waals surface area contributed by atoms with E-state index in [1.807, 2.05) is 60.7 Å². The van der Waals surface area contributed by atoms with E-state index in [0.29, 0.717) is 22.2 Å². The second-order valence-electron chi connectivity index (χ2n) is 6.19. The first-order valence-corrected chi connectivity index (χ1v) is 10.3. The number of methoxy groups -OCH3 is 2. The van der Waals surface area contributed by atoms with Gasteiger partial charge < -0.3 is 20.1 Å². The number of hydrogen-bond acceptors (Lipinski definition) is 5. The molecule has 3 aromatic rings. The summed E-state index contributed by atoms with van der Waals surface area (Å²) < 4.78 is 10.1. The molecule has 0 amide bonds. The van der Waals surface area contributed by atoms with Crippen molar-refractivity contribution in [3.8, 4) is 16.2 Å². The molecule has 0 fully saturated rings. The van der Waals surface area contributed by atoms with Crippen molar-refractivity contribution in [3.63, 3.8) is 0 Å². The van der Waals surface area contributed by atoms with E-state index in [-0.39, 0.29) is 0 Å². The maximum Gasteiger partial charge on any atom is 0.340 e. The lowest BCUT2D eigenvalue weighted by Crippen LogP contribution is -2.30. The van der Waals surface area contributed by atoms with Crippen molar-refractivity contribution in [2.45, 2.75) is 6.42 Å². The SMILES string of the molecule is COC(=O)c1cc(-c2ccccc2)sc1NC(=S)NCCc1ccc(OC)cc1. The topological polar surface area (TPSA) is 59.6 Å². The van der Waals surface area contributed by atoms with Gasteiger partial charge in [-0.2, -0.15) is 0 Å². The highest BCUT2D eigenvalue weighted by atomic mass is 32.1. The molecule has 0 saturated carbocycles. The predicted molar refractivity (Wildman–Crippen MR) is 122 cm³/mol. The van der Waals surface area contributed by atoms with Crippen LogP contribution >= 0.6 is 23.6 Å². The zero-order chi connectivity index (χ0) is 20.6. The average Bonchev–Trinajstić information content (AvgIpc) is 3.18. The molecule has 29 heavy (non-hydrogen) atoms. The smallest absolute Gasteiger partial charge is 0.340 e. The summed E-state index contributed by atoms with van der Waals surface area (Å²) in [5.41, 5.74) is 2.68. The lowest BCUT2D eigenvalue weighted by atomic mass is 10.1. The third-order valence-electron chi connectivity index (χ3n) is 4.28. The van der Waals surface area contributed by atoms with Gasteiger partial charge in [-0.15, -0.1) is 11.3 Å². The number of benzene rings is 2. The number of thiocarbonyl (C=S) groups is 1. The molecule has 0 radical (unpaired) electrons. The molecule has 0 aliphatic heterocycles. The van der Waals surface area contributed by atoms with E-state index in [0.717, 1.165) is 22.6 Å². The van der Waals surface area contributed by atoms with Crippen molar-refractivity contribution in [1.29, 1.82) is 0 Å². The Balaban J connectivity index is 1.64. The highest BCUT2D eigenvalue weighted by Gasteiger charge is 2.18. The van der Waals surface area contributed by atoms with E-state index in [2.05, 4.69) is 10.6 Å². The number of carbonyl (C=O) groups is 1. The summed E-state index contributed by atoms with van der Waals surface area (Å²) >= 11 is 6.88. The Morgan fingerprint density at radius 1 is 1.07 bits per heavy atom. The molecule has 2 aromatic carbocycles. The number of rotatable bonds is 7. The van der Waals surface area contributed by atoms with E-state index in [1.54, 1.807) is 7.11 Å². The molecule has 3 rings (SSSR count). The average molecular weight is 427 g/mol. The minimum absolute atomic E-state index is 0.396. The van der Waals surface area contributed by atoms with Crippen LogP contribution in [0.4, 0.5) is 5.00 Å². The molecule has 0 unspecified atom stereocenters. The van der Waals surface area contributed by atoms with Gasteiger partial charge in [-0.1, -0.05) is 42.5 Å². The number of thiophene rings is 1. The zero-order valence-corrected chi connectivity index (χ0v) is 17.9. The molecule has 7 heteroatoms. The Morgan fingerprint density at radius 3 is 2.45 bits per heavy atom. The van der Waals surface area contributed by atoms with Gasteiger partial charge in [0.1, 0.15) is 10.8 Å². The second kappa shape index (κ2) is 10.0. The van der Waals surface area contributed by atoms with Crippen LogP contribution in [-0.4, -0.2) is 31.8 Å². The molecular formula is C22H22N2O3S2. The van der Waals surface area contributed by atoms with E-state index in [4.69, 9.17) is 21.7 Å². The highest BCUT2D eigenvalue weighted by molar-refractivity contribution is 7.80. The summed E-state index contributed by atoms with van der Waals surface area (Å²) in [6, 6.07) is 19.6. The Labute approximate surface area is 179 Å².